The molecule has 0 saturated heterocycles. The van der Waals surface area contributed by atoms with Crippen LogP contribution in [0.5, 0.6) is 11.5 Å². The van der Waals surface area contributed by atoms with Gasteiger partial charge in [-0.1, -0.05) is 40.9 Å². The highest BCUT2D eigenvalue weighted by molar-refractivity contribution is 7.90. The highest BCUT2D eigenvalue weighted by Gasteiger charge is 2.27. The summed E-state index contributed by atoms with van der Waals surface area (Å²) in [6.45, 7) is 1.89. The van der Waals surface area contributed by atoms with E-state index >= 15 is 0 Å². The van der Waals surface area contributed by atoms with E-state index in [1.807, 2.05) is 6.92 Å². The molecule has 0 unspecified atom stereocenters. The summed E-state index contributed by atoms with van der Waals surface area (Å²) in [5.41, 5.74) is 9.01. The lowest BCUT2D eigenvalue weighted by Crippen LogP contribution is -2.24. The molecule has 11 nitrogen and oxygen atoms in total. The Bertz CT molecular complexity index is 1920. The summed E-state index contributed by atoms with van der Waals surface area (Å²) >= 11 is 12.9. The molecule has 14 heteroatoms. The third kappa shape index (κ3) is 6.59. The molecular formula is C29H23Cl2N5O6S. The maximum Gasteiger partial charge on any atom is 0.412 e. The van der Waals surface area contributed by atoms with E-state index in [4.69, 9.17) is 38.9 Å². The van der Waals surface area contributed by atoms with Gasteiger partial charge in [-0.25, -0.2) is 22.0 Å². The van der Waals surface area contributed by atoms with Gasteiger partial charge < -0.3 is 15.2 Å². The molecule has 1 aliphatic rings. The molecule has 0 atom stereocenters. The predicted molar refractivity (Wildman–Crippen MR) is 161 cm³/mol. The minimum absolute atomic E-state index is 0.0706. The summed E-state index contributed by atoms with van der Waals surface area (Å²) in [5, 5.41) is 13.5. The lowest BCUT2D eigenvalue weighted by molar-refractivity contribution is -0.129. The maximum absolute atomic E-state index is 13.6. The van der Waals surface area contributed by atoms with Crippen LogP contribution in [0.25, 0.3) is 10.9 Å². The highest BCUT2D eigenvalue weighted by Crippen LogP contribution is 2.41. The van der Waals surface area contributed by atoms with Crippen molar-refractivity contribution in [2.45, 2.75) is 31.1 Å². The van der Waals surface area contributed by atoms with Gasteiger partial charge in [-0.15, -0.1) is 0 Å². The number of amides is 1. The number of nitrogens with zero attached hydrogens (tertiary/aromatic N) is 3. The summed E-state index contributed by atoms with van der Waals surface area (Å²) in [6.07, 6.45) is 3.20. The van der Waals surface area contributed by atoms with Crippen LogP contribution in [0, 0.1) is 24.2 Å². The van der Waals surface area contributed by atoms with Crippen LogP contribution < -0.4 is 15.9 Å². The second-order valence-corrected chi connectivity index (χ2v) is 12.5. The fourth-order valence-corrected chi connectivity index (χ4v) is 6.30. The number of fused-ring (bicyclic) bond motifs is 1. The lowest BCUT2D eigenvalue weighted by Gasteiger charge is -2.12. The average Bonchev–Trinajstić information content (AvgIpc) is 3.70. The third-order valence-electron chi connectivity index (χ3n) is 6.62. The van der Waals surface area contributed by atoms with Gasteiger partial charge in [-0.3, -0.25) is 5.43 Å². The number of nitrogens with two attached hydrogens (primary N) is 1. The van der Waals surface area contributed by atoms with E-state index in [9.17, 15) is 18.0 Å². The Kier molecular flexibility index (Phi) is 8.32. The summed E-state index contributed by atoms with van der Waals surface area (Å²) in [4.78, 5) is 22.6. The van der Waals surface area contributed by atoms with Crippen LogP contribution in [0.3, 0.4) is 0 Å². The van der Waals surface area contributed by atoms with E-state index < -0.39 is 27.8 Å². The van der Waals surface area contributed by atoms with Crippen LogP contribution >= 0.6 is 23.2 Å². The Morgan fingerprint density at radius 1 is 1.12 bits per heavy atom. The molecule has 1 amide bonds. The predicted octanol–water partition coefficient (Wildman–Crippen LogP) is 6.15. The van der Waals surface area contributed by atoms with Gasteiger partial charge in [0.1, 0.15) is 11.8 Å². The number of ether oxygens (including phenoxy) is 2. The van der Waals surface area contributed by atoms with Crippen LogP contribution in [-0.2, 0) is 26.0 Å². The van der Waals surface area contributed by atoms with Crippen molar-refractivity contribution < 1.29 is 27.5 Å². The Balaban J connectivity index is 1.45. The smallest absolute Gasteiger partial charge is 0.412 e. The quantitative estimate of drug-likeness (QED) is 0.0951. The number of rotatable bonds is 9. The van der Waals surface area contributed by atoms with E-state index in [0.717, 1.165) is 35.8 Å². The highest BCUT2D eigenvalue weighted by atomic mass is 35.5. The Hall–Kier alpha value is -4.57. The number of aryl methyl sites for hydroxylation is 1. The number of carbonyl (C=O) groups excluding carboxylic acids is 2. The molecule has 0 radical (unpaired) electrons. The summed E-state index contributed by atoms with van der Waals surface area (Å²) in [5.74, 6) is -0.354. The first-order valence-electron chi connectivity index (χ1n) is 12.8. The van der Waals surface area contributed by atoms with Crippen LogP contribution in [0.4, 0.5) is 10.5 Å². The fraction of sp³-hybridized carbons (Fsp3) is 0.172. The minimum atomic E-state index is -3.85. The largest absolute Gasteiger partial charge is 0.454 e. The Labute approximate surface area is 256 Å². The zero-order chi connectivity index (χ0) is 30.9. The van der Waals surface area contributed by atoms with E-state index in [-0.39, 0.29) is 26.4 Å². The van der Waals surface area contributed by atoms with Crippen LogP contribution in [0.1, 0.15) is 24.0 Å². The number of anilines is 1. The molecule has 0 spiro atoms. The van der Waals surface area contributed by atoms with Crippen LogP contribution in [0.15, 0.2) is 70.8 Å². The summed E-state index contributed by atoms with van der Waals surface area (Å²) in [7, 11) is -3.85. The fourth-order valence-electron chi connectivity index (χ4n) is 4.34. The first kappa shape index (κ1) is 29.9. The molecule has 1 aliphatic carbocycles. The molecule has 4 aromatic rings. The van der Waals surface area contributed by atoms with Crippen molar-refractivity contribution in [3.63, 3.8) is 0 Å². The standard InChI is InChI=1S/C29H23Cl2N5O6S/c1-16-2-7-21(8-3-16)43(39,40)36-15-18(10-17-4-5-17)22-13-20(6-9-26(22)36)41-27-23(30)11-19(12-24(27)31)34-35-25(14-32)28(37)42-29(33)38/h2-3,6-9,11-13,15,17,34H,4-5,10H2,1H3,(H2,33,38). The monoisotopic (exact) mass is 639 g/mol. The lowest BCUT2D eigenvalue weighted by atomic mass is 10.1. The van der Waals surface area contributed by atoms with E-state index in [2.05, 4.69) is 15.3 Å². The van der Waals surface area contributed by atoms with E-state index in [1.54, 1.807) is 48.7 Å². The molecule has 43 heavy (non-hydrogen) atoms. The number of hydrogen-bond donors (Lipinski definition) is 2. The molecule has 5 rings (SSSR count). The van der Waals surface area contributed by atoms with E-state index in [1.165, 1.54) is 22.2 Å². The number of benzene rings is 3. The van der Waals surface area contributed by atoms with Crippen LogP contribution in [-0.4, -0.2) is 30.2 Å². The Morgan fingerprint density at radius 3 is 2.40 bits per heavy atom. The molecule has 220 valence electrons. The van der Waals surface area contributed by atoms with Gasteiger partial charge in [-0.2, -0.15) is 10.4 Å². The molecule has 3 aromatic carbocycles. The number of carbonyl (C=O) groups is 2. The molecule has 0 bridgehead atoms. The molecule has 0 aliphatic heterocycles. The van der Waals surface area contributed by atoms with Gasteiger partial charge in [0.25, 0.3) is 10.0 Å². The second kappa shape index (κ2) is 12.0. The van der Waals surface area contributed by atoms with Crippen molar-refractivity contribution in [2.75, 3.05) is 5.43 Å². The maximum atomic E-state index is 13.6. The number of nitrogens with one attached hydrogen (secondary N) is 1. The molecule has 1 saturated carbocycles. The molecule has 3 N–H and O–H groups in total. The number of hydrogen-bond acceptors (Lipinski definition) is 9. The van der Waals surface area contributed by atoms with Gasteiger partial charge in [0.15, 0.2) is 5.75 Å². The molecular weight excluding hydrogens is 617 g/mol. The van der Waals surface area contributed by atoms with Crippen molar-refractivity contribution in [1.29, 1.82) is 5.26 Å². The Morgan fingerprint density at radius 2 is 1.79 bits per heavy atom. The number of primary amides is 1. The summed E-state index contributed by atoms with van der Waals surface area (Å²) in [6, 6.07) is 16.0. The van der Waals surface area contributed by atoms with Crippen molar-refractivity contribution in [2.24, 2.45) is 16.8 Å². The van der Waals surface area contributed by atoms with Gasteiger partial charge in [0.2, 0.25) is 5.71 Å². The second-order valence-electron chi connectivity index (χ2n) is 9.86. The number of aromatic nitrogens is 1. The molecule has 1 heterocycles. The number of esters is 1. The van der Waals surface area contributed by atoms with Crippen LogP contribution in [0.2, 0.25) is 10.0 Å². The average molecular weight is 641 g/mol. The van der Waals surface area contributed by atoms with Gasteiger partial charge in [0.05, 0.1) is 26.1 Å². The number of nitriles is 1. The first-order chi connectivity index (χ1) is 20.5. The number of hydrazone groups is 1. The first-order valence-corrected chi connectivity index (χ1v) is 15.0. The zero-order valence-corrected chi connectivity index (χ0v) is 24.8. The van der Waals surface area contributed by atoms with Crippen molar-refractivity contribution in [3.8, 4) is 17.6 Å². The van der Waals surface area contributed by atoms with Gasteiger partial charge in [0, 0.05) is 11.6 Å². The zero-order valence-electron chi connectivity index (χ0n) is 22.5. The van der Waals surface area contributed by atoms with Crippen molar-refractivity contribution >= 4 is 67.6 Å². The van der Waals surface area contributed by atoms with Crippen molar-refractivity contribution in [3.05, 3.63) is 82.0 Å². The molecule has 1 fully saturated rings. The van der Waals surface area contributed by atoms with Gasteiger partial charge >= 0.3 is 12.1 Å². The minimum Gasteiger partial charge on any atom is -0.454 e. The van der Waals surface area contributed by atoms with E-state index in [0.29, 0.717) is 17.2 Å². The topological polar surface area (TPSA) is 166 Å². The normalized spacial score (nSPS) is 13.4. The number of halogens is 2. The van der Waals surface area contributed by atoms with Gasteiger partial charge in [-0.05, 0) is 80.1 Å². The molecule has 1 aromatic heterocycles. The third-order valence-corrected chi connectivity index (χ3v) is 8.86. The van der Waals surface area contributed by atoms with Crippen molar-refractivity contribution in [1.82, 2.24) is 3.97 Å². The summed E-state index contributed by atoms with van der Waals surface area (Å²) < 4.78 is 38.7. The SMILES string of the molecule is Cc1ccc(S(=O)(=O)n2cc(CC3CC3)c3cc(Oc4c(Cl)cc(NN=C(C#N)C(=O)OC(N)=O)cc4Cl)ccc32)cc1.